The van der Waals surface area contributed by atoms with E-state index in [0.717, 1.165) is 6.42 Å². The van der Waals surface area contributed by atoms with Crippen LogP contribution in [0, 0.1) is 0 Å². The highest BCUT2D eigenvalue weighted by molar-refractivity contribution is 7.09. The normalized spacial score (nSPS) is 10.4. The third-order valence-corrected chi connectivity index (χ3v) is 3.87. The molecule has 0 aliphatic carbocycles. The molecule has 0 saturated carbocycles. The number of amides is 1. The highest BCUT2D eigenvalue weighted by Gasteiger charge is 2.12. The first-order valence-electron chi connectivity index (χ1n) is 5.73. The maximum atomic E-state index is 11.4. The molecule has 0 atom stereocenters. The predicted molar refractivity (Wildman–Crippen MR) is 80.9 cm³/mol. The Morgan fingerprint density at radius 1 is 1.42 bits per heavy atom. The predicted octanol–water partition coefficient (Wildman–Crippen LogP) is 2.74. The average Bonchev–Trinajstić information content (AvgIpc) is 2.84. The molecule has 0 aliphatic heterocycles. The summed E-state index contributed by atoms with van der Waals surface area (Å²) in [5.74, 6) is -0.548. The molecule has 0 fully saturated rings. The quantitative estimate of drug-likeness (QED) is 0.742. The third-order valence-electron chi connectivity index (χ3n) is 2.63. The first-order chi connectivity index (χ1) is 9.08. The maximum absolute atomic E-state index is 11.4. The molecule has 1 heterocycles. The molecule has 1 amide bonds. The number of anilines is 2. The van der Waals surface area contributed by atoms with Crippen LogP contribution in [-0.2, 0) is 6.42 Å². The van der Waals surface area contributed by atoms with Gasteiger partial charge in [0.15, 0.2) is 0 Å². The number of hydrogen-bond acceptors (Lipinski definition) is 4. The molecule has 5 N–H and O–H groups in total. The molecule has 6 heteroatoms. The molecular formula is C13H14ClN3OS. The molecule has 0 unspecified atom stereocenters. The zero-order chi connectivity index (χ0) is 13.8. The Hall–Kier alpha value is -1.72. The number of nitrogens with one attached hydrogen (secondary N) is 1. The molecule has 0 bridgehead atoms. The number of primary amides is 1. The number of hydrogen-bond donors (Lipinski definition) is 3. The maximum Gasteiger partial charge on any atom is 0.250 e. The van der Waals surface area contributed by atoms with Crippen LogP contribution in [0.1, 0.15) is 15.2 Å². The van der Waals surface area contributed by atoms with E-state index < -0.39 is 5.91 Å². The number of benzene rings is 1. The molecule has 4 nitrogen and oxygen atoms in total. The van der Waals surface area contributed by atoms with Gasteiger partial charge in [-0.15, -0.1) is 11.3 Å². The van der Waals surface area contributed by atoms with Gasteiger partial charge in [0.1, 0.15) is 0 Å². The molecule has 2 rings (SSSR count). The lowest BCUT2D eigenvalue weighted by molar-refractivity contribution is 0.100. The summed E-state index contributed by atoms with van der Waals surface area (Å²) in [6, 6.07) is 7.19. The summed E-state index contributed by atoms with van der Waals surface area (Å²) >= 11 is 7.78. The number of halogens is 1. The number of thiophene rings is 1. The summed E-state index contributed by atoms with van der Waals surface area (Å²) < 4.78 is 0. The van der Waals surface area contributed by atoms with E-state index in [1.54, 1.807) is 17.4 Å². The molecule has 0 aliphatic rings. The van der Waals surface area contributed by atoms with Crippen molar-refractivity contribution in [3.63, 3.8) is 0 Å². The summed E-state index contributed by atoms with van der Waals surface area (Å²) in [6.07, 6.45) is 0.858. The van der Waals surface area contributed by atoms with Crippen LogP contribution in [0.25, 0.3) is 0 Å². The largest absolute Gasteiger partial charge is 0.399 e. The summed E-state index contributed by atoms with van der Waals surface area (Å²) in [4.78, 5) is 12.7. The monoisotopic (exact) mass is 295 g/mol. The van der Waals surface area contributed by atoms with E-state index in [1.807, 2.05) is 11.4 Å². The first kappa shape index (κ1) is 13.7. The van der Waals surface area contributed by atoms with Gasteiger partial charge >= 0.3 is 0 Å². The van der Waals surface area contributed by atoms with Crippen LogP contribution >= 0.6 is 22.9 Å². The van der Waals surface area contributed by atoms with Crippen LogP contribution < -0.4 is 16.8 Å². The highest BCUT2D eigenvalue weighted by atomic mass is 35.5. The van der Waals surface area contributed by atoms with Crippen LogP contribution in [0.5, 0.6) is 0 Å². The Bertz CT molecular complexity index is 584. The molecule has 1 aromatic heterocycles. The minimum atomic E-state index is -0.548. The molecule has 0 saturated heterocycles. The van der Waals surface area contributed by atoms with Gasteiger partial charge in [-0.05, 0) is 30.0 Å². The Morgan fingerprint density at radius 3 is 2.84 bits per heavy atom. The van der Waals surface area contributed by atoms with Gasteiger partial charge in [-0.2, -0.15) is 0 Å². The number of rotatable bonds is 5. The lowest BCUT2D eigenvalue weighted by atomic mass is 10.1. The van der Waals surface area contributed by atoms with E-state index in [4.69, 9.17) is 23.1 Å². The molecule has 2 aromatic rings. The molecular weight excluding hydrogens is 282 g/mol. The molecule has 100 valence electrons. The van der Waals surface area contributed by atoms with E-state index in [0.29, 0.717) is 28.5 Å². The number of carbonyl (C=O) groups is 1. The van der Waals surface area contributed by atoms with Crippen molar-refractivity contribution in [2.45, 2.75) is 6.42 Å². The van der Waals surface area contributed by atoms with Gasteiger partial charge in [0.05, 0.1) is 16.3 Å². The van der Waals surface area contributed by atoms with Crippen molar-refractivity contribution in [3.8, 4) is 0 Å². The fourth-order valence-corrected chi connectivity index (χ4v) is 2.77. The summed E-state index contributed by atoms with van der Waals surface area (Å²) in [5.41, 5.74) is 12.3. The molecule has 0 spiro atoms. The highest BCUT2D eigenvalue weighted by Crippen LogP contribution is 2.29. The summed E-state index contributed by atoms with van der Waals surface area (Å²) in [7, 11) is 0. The second-order valence-corrected chi connectivity index (χ2v) is 5.49. The van der Waals surface area contributed by atoms with Gasteiger partial charge in [-0.1, -0.05) is 17.7 Å². The van der Waals surface area contributed by atoms with Gasteiger partial charge in [-0.25, -0.2) is 0 Å². The van der Waals surface area contributed by atoms with Gasteiger partial charge in [0.2, 0.25) is 0 Å². The van der Waals surface area contributed by atoms with Crippen molar-refractivity contribution in [2.24, 2.45) is 5.73 Å². The van der Waals surface area contributed by atoms with E-state index in [-0.39, 0.29) is 0 Å². The van der Waals surface area contributed by atoms with Gasteiger partial charge in [-0.3, -0.25) is 4.79 Å². The smallest absolute Gasteiger partial charge is 0.250 e. The van der Waals surface area contributed by atoms with Crippen molar-refractivity contribution < 1.29 is 4.79 Å². The Kier molecular flexibility index (Phi) is 4.29. The molecule has 0 radical (unpaired) electrons. The standard InChI is InChI=1S/C13H14ClN3OS/c14-11-7-8(15)6-10(13(16)18)12(11)17-4-3-9-2-1-5-19-9/h1-2,5-7,17H,3-4,15H2,(H2,16,18). The third kappa shape index (κ3) is 3.39. The minimum Gasteiger partial charge on any atom is -0.399 e. The van der Waals surface area contributed by atoms with Crippen LogP contribution in [0.2, 0.25) is 5.02 Å². The van der Waals surface area contributed by atoms with Crippen molar-refractivity contribution >= 4 is 40.2 Å². The molecule has 1 aromatic carbocycles. The second-order valence-electron chi connectivity index (χ2n) is 4.05. The zero-order valence-corrected chi connectivity index (χ0v) is 11.7. The summed E-state index contributed by atoms with van der Waals surface area (Å²) in [6.45, 7) is 0.671. The SMILES string of the molecule is NC(=O)c1cc(N)cc(Cl)c1NCCc1cccs1. The van der Waals surface area contributed by atoms with Crippen LogP contribution in [0.4, 0.5) is 11.4 Å². The Morgan fingerprint density at radius 2 is 2.21 bits per heavy atom. The van der Waals surface area contributed by atoms with E-state index in [1.165, 1.54) is 10.9 Å². The number of nitrogen functional groups attached to an aromatic ring is 1. The van der Waals surface area contributed by atoms with Crippen LogP contribution in [0.15, 0.2) is 29.6 Å². The first-order valence-corrected chi connectivity index (χ1v) is 6.99. The topological polar surface area (TPSA) is 81.1 Å². The van der Waals surface area contributed by atoms with E-state index in [2.05, 4.69) is 11.4 Å². The van der Waals surface area contributed by atoms with Gasteiger partial charge < -0.3 is 16.8 Å². The van der Waals surface area contributed by atoms with E-state index in [9.17, 15) is 4.79 Å². The van der Waals surface area contributed by atoms with Crippen molar-refractivity contribution in [2.75, 3.05) is 17.6 Å². The van der Waals surface area contributed by atoms with Gasteiger partial charge in [0, 0.05) is 17.1 Å². The lowest BCUT2D eigenvalue weighted by Crippen LogP contribution is -2.16. The van der Waals surface area contributed by atoms with Crippen molar-refractivity contribution in [3.05, 3.63) is 45.1 Å². The zero-order valence-electron chi connectivity index (χ0n) is 10.2. The Balaban J connectivity index is 2.12. The average molecular weight is 296 g/mol. The fraction of sp³-hybridized carbons (Fsp3) is 0.154. The lowest BCUT2D eigenvalue weighted by Gasteiger charge is -2.12. The Labute approximate surface area is 120 Å². The van der Waals surface area contributed by atoms with Crippen LogP contribution in [-0.4, -0.2) is 12.5 Å². The fourth-order valence-electron chi connectivity index (χ4n) is 1.77. The van der Waals surface area contributed by atoms with E-state index >= 15 is 0 Å². The summed E-state index contributed by atoms with van der Waals surface area (Å²) in [5, 5.41) is 5.58. The van der Waals surface area contributed by atoms with Crippen LogP contribution in [0.3, 0.4) is 0 Å². The minimum absolute atomic E-state index is 0.316. The molecule has 19 heavy (non-hydrogen) atoms. The number of carbonyl (C=O) groups excluding carboxylic acids is 1. The second kappa shape index (κ2) is 5.95. The van der Waals surface area contributed by atoms with Crippen molar-refractivity contribution in [1.82, 2.24) is 0 Å². The number of nitrogens with two attached hydrogens (primary N) is 2. The van der Waals surface area contributed by atoms with Crippen molar-refractivity contribution in [1.29, 1.82) is 0 Å². The van der Waals surface area contributed by atoms with Gasteiger partial charge in [0.25, 0.3) is 5.91 Å².